The maximum atomic E-state index is 12.5. The summed E-state index contributed by atoms with van der Waals surface area (Å²) in [6.45, 7) is -0.362. The molecule has 8 nitrogen and oxygen atoms in total. The highest BCUT2D eigenvalue weighted by molar-refractivity contribution is 5.79. The molecule has 2 aliphatic rings. The summed E-state index contributed by atoms with van der Waals surface area (Å²) in [6, 6.07) is 16.1. The van der Waals surface area contributed by atoms with Crippen LogP contribution < -0.4 is 10.8 Å². The number of alkyl carbamates (subject to hydrolysis) is 1. The number of aliphatic carboxylic acids is 1. The van der Waals surface area contributed by atoms with Crippen molar-refractivity contribution < 1.29 is 29.1 Å². The summed E-state index contributed by atoms with van der Waals surface area (Å²) in [7, 11) is 0. The molecular weight excluding hydrogens is 412 g/mol. The van der Waals surface area contributed by atoms with Gasteiger partial charge in [0, 0.05) is 17.9 Å². The van der Waals surface area contributed by atoms with Crippen LogP contribution in [-0.4, -0.2) is 42.3 Å². The predicted octanol–water partition coefficient (Wildman–Crippen LogP) is 3.22. The maximum Gasteiger partial charge on any atom is 0.407 e. The minimum absolute atomic E-state index is 0.00980. The van der Waals surface area contributed by atoms with Crippen LogP contribution in [0.1, 0.15) is 42.7 Å². The van der Waals surface area contributed by atoms with Gasteiger partial charge in [-0.25, -0.2) is 15.1 Å². The summed E-state index contributed by atoms with van der Waals surface area (Å²) in [5.41, 5.74) is 6.81. The Hall–Kier alpha value is -3.39. The summed E-state index contributed by atoms with van der Waals surface area (Å²) in [5, 5.41) is 11.5. The van der Waals surface area contributed by atoms with Crippen molar-refractivity contribution in [1.29, 1.82) is 0 Å². The summed E-state index contributed by atoms with van der Waals surface area (Å²) in [4.78, 5) is 39.8. The molecule has 0 unspecified atom stereocenters. The van der Waals surface area contributed by atoms with Crippen LogP contribution in [0.5, 0.6) is 0 Å². The number of carbonyl (C=O) groups excluding carboxylic acids is 2. The van der Waals surface area contributed by atoms with Crippen molar-refractivity contribution in [1.82, 2.24) is 10.8 Å². The van der Waals surface area contributed by atoms with Crippen molar-refractivity contribution in [3.63, 3.8) is 0 Å². The van der Waals surface area contributed by atoms with Crippen molar-refractivity contribution >= 4 is 18.0 Å². The summed E-state index contributed by atoms with van der Waals surface area (Å²) >= 11 is 0. The van der Waals surface area contributed by atoms with E-state index in [0.717, 1.165) is 24.0 Å². The second-order valence-electron chi connectivity index (χ2n) is 8.18. The van der Waals surface area contributed by atoms with E-state index < -0.39 is 18.7 Å². The van der Waals surface area contributed by atoms with Gasteiger partial charge in [0.05, 0.1) is 0 Å². The number of hydroxylamine groups is 1. The van der Waals surface area contributed by atoms with Crippen LogP contribution in [0.15, 0.2) is 48.5 Å². The molecule has 0 radical (unpaired) electrons. The largest absolute Gasteiger partial charge is 0.479 e. The van der Waals surface area contributed by atoms with Gasteiger partial charge in [-0.2, -0.15) is 0 Å². The molecule has 4 rings (SSSR count). The molecule has 3 N–H and O–H groups in total. The predicted molar refractivity (Wildman–Crippen MR) is 116 cm³/mol. The molecule has 0 aliphatic heterocycles. The molecule has 2 aromatic rings. The standard InChI is InChI=1S/C24H26N2O6/c27-22(28)14-32-26-23(29)15-6-5-7-16(12-15)25-24(30)31-13-21-19-10-3-1-8-17(19)18-9-2-4-11-20(18)21/h1-4,8-11,15-16,21H,5-7,12-14H2,(H,25,30)(H,26,29)(H,27,28)/t15-,16+/m0/s1. The van der Waals surface area contributed by atoms with E-state index in [1.165, 1.54) is 11.1 Å². The van der Waals surface area contributed by atoms with E-state index in [1.54, 1.807) is 0 Å². The average molecular weight is 438 g/mol. The highest BCUT2D eigenvalue weighted by Crippen LogP contribution is 2.44. The van der Waals surface area contributed by atoms with E-state index in [2.05, 4.69) is 39.9 Å². The molecule has 0 spiro atoms. The number of benzene rings is 2. The number of ether oxygens (including phenoxy) is 1. The van der Waals surface area contributed by atoms with Gasteiger partial charge in [-0.3, -0.25) is 9.63 Å². The Kier molecular flexibility index (Phi) is 6.70. The van der Waals surface area contributed by atoms with Crippen LogP contribution in [0.4, 0.5) is 4.79 Å². The quantitative estimate of drug-likeness (QED) is 0.572. The van der Waals surface area contributed by atoms with Crippen molar-refractivity contribution in [3.05, 3.63) is 59.7 Å². The lowest BCUT2D eigenvalue weighted by molar-refractivity contribution is -0.151. The Labute approximate surface area is 185 Å². The molecule has 0 aromatic heterocycles. The fraction of sp³-hybridized carbons (Fsp3) is 0.375. The second-order valence-corrected chi connectivity index (χ2v) is 8.18. The smallest absolute Gasteiger partial charge is 0.407 e. The molecule has 8 heteroatoms. The van der Waals surface area contributed by atoms with Crippen LogP contribution in [0, 0.1) is 5.92 Å². The summed E-state index contributed by atoms with van der Waals surface area (Å²) in [6.07, 6.45) is 2.13. The number of carboxylic acids is 1. The lowest BCUT2D eigenvalue weighted by Gasteiger charge is -2.28. The molecule has 32 heavy (non-hydrogen) atoms. The van der Waals surface area contributed by atoms with Gasteiger partial charge in [0.2, 0.25) is 5.91 Å². The van der Waals surface area contributed by atoms with E-state index in [-0.39, 0.29) is 30.4 Å². The van der Waals surface area contributed by atoms with Gasteiger partial charge in [0.1, 0.15) is 6.61 Å². The van der Waals surface area contributed by atoms with Crippen LogP contribution in [0.25, 0.3) is 11.1 Å². The van der Waals surface area contributed by atoms with Gasteiger partial charge in [-0.05, 0) is 41.5 Å². The Balaban J connectivity index is 1.30. The zero-order chi connectivity index (χ0) is 22.5. The van der Waals surface area contributed by atoms with Gasteiger partial charge in [0.15, 0.2) is 6.61 Å². The van der Waals surface area contributed by atoms with Gasteiger partial charge >= 0.3 is 12.1 Å². The first-order valence-corrected chi connectivity index (χ1v) is 10.8. The Bertz CT molecular complexity index is 962. The average Bonchev–Trinajstić information content (AvgIpc) is 3.11. The third-order valence-electron chi connectivity index (χ3n) is 6.08. The Morgan fingerprint density at radius 1 is 0.969 bits per heavy atom. The number of rotatable bonds is 7. The number of carboxylic acid groups (broad SMARTS) is 1. The van der Waals surface area contributed by atoms with Crippen molar-refractivity contribution in [3.8, 4) is 11.1 Å². The van der Waals surface area contributed by atoms with Crippen LogP contribution in [0.3, 0.4) is 0 Å². The topological polar surface area (TPSA) is 114 Å². The Morgan fingerprint density at radius 3 is 2.28 bits per heavy atom. The summed E-state index contributed by atoms with van der Waals surface area (Å²) in [5.74, 6) is -1.89. The number of carbonyl (C=O) groups is 3. The molecule has 1 fully saturated rings. The molecule has 2 atom stereocenters. The first-order chi connectivity index (χ1) is 15.5. The third-order valence-corrected chi connectivity index (χ3v) is 6.08. The second kappa shape index (κ2) is 9.82. The molecule has 168 valence electrons. The molecule has 1 saturated carbocycles. The van der Waals surface area contributed by atoms with Crippen molar-refractivity contribution in [2.24, 2.45) is 5.92 Å². The van der Waals surface area contributed by atoms with Gasteiger partial charge in [0.25, 0.3) is 0 Å². The van der Waals surface area contributed by atoms with Crippen LogP contribution in [0.2, 0.25) is 0 Å². The summed E-state index contributed by atoms with van der Waals surface area (Å²) < 4.78 is 5.59. The number of hydrogen-bond acceptors (Lipinski definition) is 5. The highest BCUT2D eigenvalue weighted by atomic mass is 16.7. The van der Waals surface area contributed by atoms with Gasteiger partial charge < -0.3 is 15.2 Å². The van der Waals surface area contributed by atoms with E-state index in [4.69, 9.17) is 9.84 Å². The van der Waals surface area contributed by atoms with Crippen molar-refractivity contribution in [2.45, 2.75) is 37.6 Å². The van der Waals surface area contributed by atoms with E-state index in [1.807, 2.05) is 24.3 Å². The van der Waals surface area contributed by atoms with Crippen LogP contribution >= 0.6 is 0 Å². The molecule has 2 aliphatic carbocycles. The zero-order valence-corrected chi connectivity index (χ0v) is 17.6. The normalized spacial score (nSPS) is 19.5. The fourth-order valence-electron chi connectivity index (χ4n) is 4.62. The first-order valence-electron chi connectivity index (χ1n) is 10.8. The fourth-order valence-corrected chi connectivity index (χ4v) is 4.62. The SMILES string of the molecule is O=C(O)CONC(=O)[C@H]1CCC[C@@H](NC(=O)OCC2c3ccccc3-c3ccccc32)C1. The zero-order valence-electron chi connectivity index (χ0n) is 17.6. The minimum Gasteiger partial charge on any atom is -0.479 e. The van der Waals surface area contributed by atoms with E-state index in [9.17, 15) is 14.4 Å². The lowest BCUT2D eigenvalue weighted by atomic mass is 9.85. The molecule has 0 heterocycles. The molecule has 2 amide bonds. The molecule has 0 bridgehead atoms. The van der Waals surface area contributed by atoms with E-state index in [0.29, 0.717) is 12.8 Å². The monoisotopic (exact) mass is 438 g/mol. The number of fused-ring (bicyclic) bond motifs is 3. The highest BCUT2D eigenvalue weighted by Gasteiger charge is 2.31. The first kappa shape index (κ1) is 21.8. The van der Waals surface area contributed by atoms with Gasteiger partial charge in [-0.1, -0.05) is 55.0 Å². The lowest BCUT2D eigenvalue weighted by Crippen LogP contribution is -2.43. The van der Waals surface area contributed by atoms with E-state index >= 15 is 0 Å². The molecular formula is C24H26N2O6. The molecule has 2 aromatic carbocycles. The number of hydrogen-bond donors (Lipinski definition) is 3. The van der Waals surface area contributed by atoms with Gasteiger partial charge in [-0.15, -0.1) is 0 Å². The Morgan fingerprint density at radius 2 is 1.62 bits per heavy atom. The van der Waals surface area contributed by atoms with Crippen LogP contribution in [-0.2, 0) is 19.2 Å². The number of amides is 2. The number of nitrogens with one attached hydrogen (secondary N) is 2. The third kappa shape index (κ3) is 4.91. The van der Waals surface area contributed by atoms with Crippen molar-refractivity contribution in [2.75, 3.05) is 13.2 Å². The molecule has 0 saturated heterocycles. The minimum atomic E-state index is -1.16. The maximum absolute atomic E-state index is 12.5.